The number of likely N-dealkylation sites (tertiary alicyclic amines) is 1. The van der Waals surface area contributed by atoms with E-state index in [4.69, 9.17) is 0 Å². The molecule has 2 rings (SSSR count). The molecule has 1 N–H and O–H groups in total. The Kier molecular flexibility index (Phi) is 3.53. The van der Waals surface area contributed by atoms with Crippen molar-refractivity contribution in [2.75, 3.05) is 19.6 Å². The van der Waals surface area contributed by atoms with Gasteiger partial charge in [0.05, 0.1) is 0 Å². The molecule has 0 spiro atoms. The number of rotatable bonds is 2. The van der Waals surface area contributed by atoms with Crippen LogP contribution in [0.3, 0.4) is 0 Å². The van der Waals surface area contributed by atoms with Gasteiger partial charge in [-0.15, -0.1) is 0 Å². The maximum absolute atomic E-state index is 12.2. The van der Waals surface area contributed by atoms with Crippen molar-refractivity contribution in [3.05, 3.63) is 0 Å². The lowest BCUT2D eigenvalue weighted by Crippen LogP contribution is -2.41. The first kappa shape index (κ1) is 11.9. The number of hydrogen-bond acceptors (Lipinski definition) is 2. The van der Waals surface area contributed by atoms with Gasteiger partial charge in [-0.3, -0.25) is 4.79 Å². The summed E-state index contributed by atoms with van der Waals surface area (Å²) in [6.45, 7) is 9.35. The van der Waals surface area contributed by atoms with E-state index in [0.717, 1.165) is 19.6 Å². The van der Waals surface area contributed by atoms with Gasteiger partial charge in [0.25, 0.3) is 0 Å². The molecule has 0 aromatic carbocycles. The Bertz CT molecular complexity index is 251. The minimum atomic E-state index is 0.167. The van der Waals surface area contributed by atoms with Crippen molar-refractivity contribution < 1.29 is 4.79 Å². The second-order valence-corrected chi connectivity index (χ2v) is 5.74. The molecule has 2 aliphatic rings. The fourth-order valence-electron chi connectivity index (χ4n) is 2.80. The van der Waals surface area contributed by atoms with E-state index in [1.165, 1.54) is 12.8 Å². The number of piperidine rings is 1. The molecule has 2 fully saturated rings. The van der Waals surface area contributed by atoms with Gasteiger partial charge < -0.3 is 10.2 Å². The van der Waals surface area contributed by atoms with Crippen molar-refractivity contribution in [3.8, 4) is 0 Å². The van der Waals surface area contributed by atoms with Crippen LogP contribution in [-0.4, -0.2) is 36.5 Å². The average Bonchev–Trinajstić information content (AvgIpc) is 2.70. The fourth-order valence-corrected chi connectivity index (χ4v) is 2.80. The first-order valence-electron chi connectivity index (χ1n) is 6.61. The zero-order chi connectivity index (χ0) is 11.7. The lowest BCUT2D eigenvalue weighted by Gasteiger charge is -2.24. The van der Waals surface area contributed by atoms with E-state index in [1.54, 1.807) is 0 Å². The third kappa shape index (κ3) is 2.24. The summed E-state index contributed by atoms with van der Waals surface area (Å²) >= 11 is 0. The van der Waals surface area contributed by atoms with E-state index in [0.29, 0.717) is 23.8 Å². The summed E-state index contributed by atoms with van der Waals surface area (Å²) in [4.78, 5) is 14.3. The van der Waals surface area contributed by atoms with Crippen molar-refractivity contribution in [2.45, 2.75) is 39.7 Å². The molecule has 3 nitrogen and oxygen atoms in total. The van der Waals surface area contributed by atoms with Gasteiger partial charge in [-0.25, -0.2) is 0 Å². The molecule has 2 heterocycles. The smallest absolute Gasteiger partial charge is 0.225 e. The predicted molar refractivity (Wildman–Crippen MR) is 65.1 cm³/mol. The van der Waals surface area contributed by atoms with Gasteiger partial charge in [0.2, 0.25) is 5.91 Å². The maximum atomic E-state index is 12.2. The van der Waals surface area contributed by atoms with Crippen molar-refractivity contribution >= 4 is 5.91 Å². The number of carbonyl (C=O) groups excluding carboxylic acids is 1. The van der Waals surface area contributed by atoms with Crippen LogP contribution in [0.2, 0.25) is 0 Å². The van der Waals surface area contributed by atoms with Gasteiger partial charge in [0, 0.05) is 25.0 Å². The third-order valence-corrected chi connectivity index (χ3v) is 4.30. The van der Waals surface area contributed by atoms with Crippen LogP contribution in [-0.2, 0) is 4.79 Å². The monoisotopic (exact) mass is 224 g/mol. The van der Waals surface area contributed by atoms with Crippen LogP contribution in [0.1, 0.15) is 33.6 Å². The Morgan fingerprint density at radius 2 is 2.06 bits per heavy atom. The molecule has 0 aromatic heterocycles. The van der Waals surface area contributed by atoms with E-state index < -0.39 is 0 Å². The lowest BCUT2D eigenvalue weighted by atomic mass is 9.94. The second-order valence-electron chi connectivity index (χ2n) is 5.74. The summed E-state index contributed by atoms with van der Waals surface area (Å²) in [6.07, 6.45) is 2.56. The van der Waals surface area contributed by atoms with Crippen LogP contribution in [0.25, 0.3) is 0 Å². The maximum Gasteiger partial charge on any atom is 0.225 e. The van der Waals surface area contributed by atoms with Gasteiger partial charge in [-0.05, 0) is 31.2 Å². The Hall–Kier alpha value is -0.570. The first-order valence-corrected chi connectivity index (χ1v) is 6.61. The molecule has 0 saturated carbocycles. The van der Waals surface area contributed by atoms with Crippen LogP contribution < -0.4 is 5.32 Å². The van der Waals surface area contributed by atoms with Crippen molar-refractivity contribution in [2.24, 2.45) is 17.8 Å². The Labute approximate surface area is 98.6 Å². The first-order chi connectivity index (χ1) is 7.59. The van der Waals surface area contributed by atoms with Crippen LogP contribution in [0.5, 0.6) is 0 Å². The minimum Gasteiger partial charge on any atom is -0.341 e. The number of carbonyl (C=O) groups is 1. The van der Waals surface area contributed by atoms with E-state index in [-0.39, 0.29) is 5.92 Å². The molecule has 0 aromatic rings. The van der Waals surface area contributed by atoms with E-state index in [9.17, 15) is 4.79 Å². The molecular formula is C13H24N2O. The highest BCUT2D eigenvalue weighted by Crippen LogP contribution is 2.27. The highest BCUT2D eigenvalue weighted by atomic mass is 16.2. The molecule has 92 valence electrons. The Balaban J connectivity index is 1.94. The summed E-state index contributed by atoms with van der Waals surface area (Å²) in [5.41, 5.74) is 0. The lowest BCUT2D eigenvalue weighted by molar-refractivity contribution is -0.135. The van der Waals surface area contributed by atoms with Crippen molar-refractivity contribution in [3.63, 3.8) is 0 Å². The zero-order valence-electron chi connectivity index (χ0n) is 10.7. The summed E-state index contributed by atoms with van der Waals surface area (Å²) in [5.74, 6) is 1.67. The minimum absolute atomic E-state index is 0.167. The van der Waals surface area contributed by atoms with Gasteiger partial charge in [-0.2, -0.15) is 0 Å². The van der Waals surface area contributed by atoms with Crippen molar-refractivity contribution in [1.29, 1.82) is 0 Å². The standard InChI is InChI=1S/C13H24N2O/c1-9(2)10(3)13(16)15-7-11-5-4-6-14-12(11)8-15/h9-12,14H,4-8H2,1-3H3. The number of hydrogen-bond donors (Lipinski definition) is 1. The molecule has 3 heteroatoms. The molecule has 0 radical (unpaired) electrons. The van der Waals surface area contributed by atoms with Crippen molar-refractivity contribution in [1.82, 2.24) is 10.2 Å². The largest absolute Gasteiger partial charge is 0.341 e. The second kappa shape index (κ2) is 4.74. The molecule has 1 amide bonds. The Morgan fingerprint density at radius 1 is 1.31 bits per heavy atom. The summed E-state index contributed by atoms with van der Waals surface area (Å²) in [6, 6.07) is 0.567. The van der Waals surface area contributed by atoms with Gasteiger partial charge in [0.15, 0.2) is 0 Å². The normalized spacial score (nSPS) is 31.6. The average molecular weight is 224 g/mol. The van der Waals surface area contributed by atoms with E-state index >= 15 is 0 Å². The van der Waals surface area contributed by atoms with Crippen LogP contribution in [0, 0.1) is 17.8 Å². The van der Waals surface area contributed by atoms with Crippen LogP contribution >= 0.6 is 0 Å². The zero-order valence-corrected chi connectivity index (χ0v) is 10.7. The van der Waals surface area contributed by atoms with Crippen LogP contribution in [0.4, 0.5) is 0 Å². The highest BCUT2D eigenvalue weighted by Gasteiger charge is 2.37. The Morgan fingerprint density at radius 3 is 2.69 bits per heavy atom. The van der Waals surface area contributed by atoms with E-state index in [1.807, 2.05) is 0 Å². The molecule has 2 saturated heterocycles. The number of nitrogens with one attached hydrogen (secondary N) is 1. The summed E-state index contributed by atoms with van der Waals surface area (Å²) < 4.78 is 0. The summed E-state index contributed by atoms with van der Waals surface area (Å²) in [5, 5.41) is 3.54. The SMILES string of the molecule is CC(C)C(C)C(=O)N1CC2CCCNC2C1. The van der Waals surface area contributed by atoms with E-state index in [2.05, 4.69) is 31.0 Å². The van der Waals surface area contributed by atoms with Gasteiger partial charge >= 0.3 is 0 Å². The van der Waals surface area contributed by atoms with Gasteiger partial charge in [-0.1, -0.05) is 20.8 Å². The third-order valence-electron chi connectivity index (χ3n) is 4.30. The highest BCUT2D eigenvalue weighted by molar-refractivity contribution is 5.79. The van der Waals surface area contributed by atoms with Gasteiger partial charge in [0.1, 0.15) is 0 Å². The predicted octanol–water partition coefficient (Wildman–Crippen LogP) is 1.49. The molecule has 0 bridgehead atoms. The number of nitrogens with zero attached hydrogens (tertiary/aromatic N) is 1. The molecular weight excluding hydrogens is 200 g/mol. The molecule has 16 heavy (non-hydrogen) atoms. The molecule has 3 atom stereocenters. The molecule has 0 aliphatic carbocycles. The summed E-state index contributed by atoms with van der Waals surface area (Å²) in [7, 11) is 0. The topological polar surface area (TPSA) is 32.3 Å². The number of amides is 1. The number of fused-ring (bicyclic) bond motifs is 1. The van der Waals surface area contributed by atoms with Crippen LogP contribution in [0.15, 0.2) is 0 Å². The fraction of sp³-hybridized carbons (Fsp3) is 0.923. The quantitative estimate of drug-likeness (QED) is 0.770. The molecule has 3 unspecified atom stereocenters. The molecule has 2 aliphatic heterocycles.